The van der Waals surface area contributed by atoms with Crippen LogP contribution in [0.2, 0.25) is 0 Å². The maximum Gasteiger partial charge on any atom is 0.0901 e. The number of rotatable bonds is 4. The van der Waals surface area contributed by atoms with E-state index >= 15 is 0 Å². The summed E-state index contributed by atoms with van der Waals surface area (Å²) >= 11 is 3.38. The van der Waals surface area contributed by atoms with Crippen molar-refractivity contribution in [1.29, 1.82) is 0 Å². The van der Waals surface area contributed by atoms with Crippen molar-refractivity contribution in [2.75, 3.05) is 5.32 Å². The van der Waals surface area contributed by atoms with Crippen LogP contribution >= 0.6 is 22.7 Å². The van der Waals surface area contributed by atoms with Crippen LogP contribution in [0.3, 0.4) is 0 Å². The van der Waals surface area contributed by atoms with E-state index < -0.39 is 0 Å². The highest BCUT2D eigenvalue weighted by atomic mass is 32.1. The zero-order valence-corrected chi connectivity index (χ0v) is 13.9. The number of aryl methyl sites for hydroxylation is 2. The van der Waals surface area contributed by atoms with Crippen LogP contribution in [0.25, 0.3) is 11.3 Å². The molecule has 1 unspecified atom stereocenters. The van der Waals surface area contributed by atoms with Crippen molar-refractivity contribution in [3.8, 4) is 11.3 Å². The van der Waals surface area contributed by atoms with Crippen molar-refractivity contribution in [3.63, 3.8) is 0 Å². The lowest BCUT2D eigenvalue weighted by Crippen LogP contribution is -2.06. The van der Waals surface area contributed by atoms with Crippen molar-refractivity contribution >= 4 is 28.4 Å². The summed E-state index contributed by atoms with van der Waals surface area (Å²) in [6.45, 7) is 6.25. The summed E-state index contributed by atoms with van der Waals surface area (Å²) in [7, 11) is 0. The molecule has 0 aliphatic carbocycles. The lowest BCUT2D eigenvalue weighted by molar-refractivity contribution is 0.890. The van der Waals surface area contributed by atoms with E-state index in [0.717, 1.165) is 27.6 Å². The molecule has 108 valence electrons. The second-order valence-electron chi connectivity index (χ2n) is 5.00. The van der Waals surface area contributed by atoms with Gasteiger partial charge in [0, 0.05) is 21.5 Å². The summed E-state index contributed by atoms with van der Waals surface area (Å²) in [5, 5.41) is 6.72. The molecule has 1 N–H and O–H groups in total. The minimum absolute atomic E-state index is 0.268. The Morgan fingerprint density at radius 3 is 2.43 bits per heavy atom. The molecular formula is C16H17N3S2. The minimum Gasteiger partial charge on any atom is -0.378 e. The number of thiazole rings is 2. The molecule has 5 heteroatoms. The number of hydrogen-bond donors (Lipinski definition) is 1. The molecule has 0 spiro atoms. The summed E-state index contributed by atoms with van der Waals surface area (Å²) in [5.41, 5.74) is 6.33. The van der Waals surface area contributed by atoms with E-state index in [1.165, 1.54) is 4.88 Å². The number of nitrogens with one attached hydrogen (secondary N) is 1. The lowest BCUT2D eigenvalue weighted by Gasteiger charge is -2.14. The van der Waals surface area contributed by atoms with E-state index in [4.69, 9.17) is 0 Å². The summed E-state index contributed by atoms with van der Waals surface area (Å²) in [6, 6.07) is 8.71. The molecule has 21 heavy (non-hydrogen) atoms. The van der Waals surface area contributed by atoms with Crippen LogP contribution in [0.5, 0.6) is 0 Å². The van der Waals surface area contributed by atoms with Crippen LogP contribution in [0.15, 0.2) is 35.2 Å². The van der Waals surface area contributed by atoms with Gasteiger partial charge in [-0.1, -0.05) is 12.1 Å². The molecule has 0 saturated carbocycles. The lowest BCUT2D eigenvalue weighted by atomic mass is 10.1. The van der Waals surface area contributed by atoms with Gasteiger partial charge in [0.1, 0.15) is 0 Å². The average Bonchev–Trinajstić information content (AvgIpc) is 3.08. The van der Waals surface area contributed by atoms with Crippen LogP contribution in [-0.4, -0.2) is 9.97 Å². The van der Waals surface area contributed by atoms with Gasteiger partial charge >= 0.3 is 0 Å². The first-order valence-electron chi connectivity index (χ1n) is 6.82. The van der Waals surface area contributed by atoms with Gasteiger partial charge in [-0.2, -0.15) is 0 Å². The Kier molecular flexibility index (Phi) is 4.03. The second kappa shape index (κ2) is 5.95. The number of anilines is 1. The van der Waals surface area contributed by atoms with Gasteiger partial charge in [-0.3, -0.25) is 0 Å². The van der Waals surface area contributed by atoms with Crippen LogP contribution in [0.1, 0.15) is 28.5 Å². The molecule has 3 nitrogen and oxygen atoms in total. The number of nitrogens with zero attached hydrogens (tertiary/aromatic N) is 2. The normalized spacial score (nSPS) is 12.3. The maximum atomic E-state index is 4.52. The molecule has 0 saturated heterocycles. The van der Waals surface area contributed by atoms with E-state index in [-0.39, 0.29) is 6.04 Å². The zero-order valence-electron chi connectivity index (χ0n) is 12.3. The van der Waals surface area contributed by atoms with Crippen LogP contribution < -0.4 is 5.32 Å². The first-order valence-corrected chi connectivity index (χ1v) is 8.58. The highest BCUT2D eigenvalue weighted by molar-refractivity contribution is 7.10. The largest absolute Gasteiger partial charge is 0.378 e. The van der Waals surface area contributed by atoms with Gasteiger partial charge < -0.3 is 5.32 Å². The number of aromatic nitrogens is 2. The summed E-state index contributed by atoms with van der Waals surface area (Å²) in [4.78, 5) is 10.1. The molecule has 2 heterocycles. The van der Waals surface area contributed by atoms with Crippen molar-refractivity contribution < 1.29 is 0 Å². The van der Waals surface area contributed by atoms with Gasteiger partial charge in [-0.25, -0.2) is 9.97 Å². The average molecular weight is 315 g/mol. The Morgan fingerprint density at radius 2 is 1.86 bits per heavy atom. The molecule has 0 aliphatic rings. The molecule has 0 radical (unpaired) electrons. The third-order valence-corrected chi connectivity index (χ3v) is 5.25. The summed E-state index contributed by atoms with van der Waals surface area (Å²) in [6.07, 6.45) is 0. The van der Waals surface area contributed by atoms with Crippen LogP contribution in [0, 0.1) is 13.8 Å². The molecule has 2 aromatic heterocycles. The van der Waals surface area contributed by atoms with Crippen molar-refractivity contribution in [2.45, 2.75) is 26.8 Å². The third-order valence-electron chi connectivity index (χ3n) is 3.36. The van der Waals surface area contributed by atoms with Crippen molar-refractivity contribution in [3.05, 3.63) is 50.7 Å². The third kappa shape index (κ3) is 3.14. The molecule has 0 bridgehead atoms. The topological polar surface area (TPSA) is 37.8 Å². The van der Waals surface area contributed by atoms with Gasteiger partial charge in [0.05, 0.1) is 27.9 Å². The Bertz CT molecular complexity index is 728. The van der Waals surface area contributed by atoms with Crippen LogP contribution in [0.4, 0.5) is 5.69 Å². The number of benzene rings is 1. The zero-order chi connectivity index (χ0) is 14.8. The monoisotopic (exact) mass is 315 g/mol. The van der Waals surface area contributed by atoms with E-state index in [9.17, 15) is 0 Å². The fraction of sp³-hybridized carbons (Fsp3) is 0.250. The fourth-order valence-electron chi connectivity index (χ4n) is 2.28. The van der Waals surface area contributed by atoms with E-state index in [1.54, 1.807) is 22.7 Å². The quantitative estimate of drug-likeness (QED) is 0.731. The fourth-order valence-corrected chi connectivity index (χ4v) is 3.71. The SMILES string of the molecule is Cc1nc(-c2ccc(NC(C)c3scnc3C)cc2)cs1. The molecule has 1 aromatic carbocycles. The van der Waals surface area contributed by atoms with Crippen molar-refractivity contribution in [2.24, 2.45) is 0 Å². The standard InChI is InChI=1S/C16H17N3S2/c1-10-16(21-9-17-10)11(2)18-14-6-4-13(5-7-14)15-8-20-12(3)19-15/h4-9,11,18H,1-3H3. The van der Waals surface area contributed by atoms with Crippen LogP contribution in [-0.2, 0) is 0 Å². The van der Waals surface area contributed by atoms with Gasteiger partial charge in [-0.05, 0) is 32.9 Å². The smallest absolute Gasteiger partial charge is 0.0901 e. The Labute approximate surface area is 132 Å². The predicted molar refractivity (Wildman–Crippen MR) is 91.2 cm³/mol. The molecule has 0 amide bonds. The molecule has 0 fully saturated rings. The molecular weight excluding hydrogens is 298 g/mol. The van der Waals surface area contributed by atoms with Gasteiger partial charge in [0.25, 0.3) is 0 Å². The Morgan fingerprint density at radius 1 is 1.10 bits per heavy atom. The first-order chi connectivity index (χ1) is 10.1. The predicted octanol–water partition coefficient (Wildman–Crippen LogP) is 5.06. The molecule has 3 rings (SSSR count). The highest BCUT2D eigenvalue weighted by Gasteiger charge is 2.11. The second-order valence-corrected chi connectivity index (χ2v) is 6.95. The summed E-state index contributed by atoms with van der Waals surface area (Å²) in [5.74, 6) is 0. The first kappa shape index (κ1) is 14.2. The molecule has 1 atom stereocenters. The Balaban J connectivity index is 1.74. The maximum absolute atomic E-state index is 4.52. The Hall–Kier alpha value is -1.72. The van der Waals surface area contributed by atoms with Crippen molar-refractivity contribution in [1.82, 2.24) is 9.97 Å². The number of hydrogen-bond acceptors (Lipinski definition) is 5. The van der Waals surface area contributed by atoms with E-state index in [1.807, 2.05) is 12.4 Å². The highest BCUT2D eigenvalue weighted by Crippen LogP contribution is 2.27. The minimum atomic E-state index is 0.268. The van der Waals surface area contributed by atoms with E-state index in [2.05, 4.69) is 58.8 Å². The van der Waals surface area contributed by atoms with E-state index in [0.29, 0.717) is 0 Å². The summed E-state index contributed by atoms with van der Waals surface area (Å²) < 4.78 is 0. The van der Waals surface area contributed by atoms with Gasteiger partial charge in [0.15, 0.2) is 0 Å². The van der Waals surface area contributed by atoms with Gasteiger partial charge in [-0.15, -0.1) is 22.7 Å². The van der Waals surface area contributed by atoms with Gasteiger partial charge in [0.2, 0.25) is 0 Å². The molecule has 0 aliphatic heterocycles. The molecule has 3 aromatic rings.